The summed E-state index contributed by atoms with van der Waals surface area (Å²) in [6, 6.07) is 0. The Bertz CT molecular complexity index is 221. The van der Waals surface area contributed by atoms with Crippen molar-refractivity contribution in [2.24, 2.45) is 0 Å². The summed E-state index contributed by atoms with van der Waals surface area (Å²) in [5.41, 5.74) is 0. The van der Waals surface area contributed by atoms with Gasteiger partial charge in [0.15, 0.2) is 17.9 Å². The van der Waals surface area contributed by atoms with Crippen LogP contribution in [0.4, 0.5) is 0 Å². The van der Waals surface area contributed by atoms with Gasteiger partial charge in [-0.2, -0.15) is 0 Å². The van der Waals surface area contributed by atoms with E-state index in [4.69, 9.17) is 14.2 Å². The second kappa shape index (κ2) is 4.98. The predicted molar refractivity (Wildman–Crippen MR) is 57.5 cm³/mol. The average Bonchev–Trinajstić information content (AvgIpc) is 2.32. The first-order valence-electron chi connectivity index (χ1n) is 5.60. The zero-order chi connectivity index (χ0) is 12.4. The van der Waals surface area contributed by atoms with Gasteiger partial charge in [-0.15, -0.1) is 0 Å². The molecule has 1 saturated heterocycles. The van der Waals surface area contributed by atoms with E-state index in [2.05, 4.69) is 0 Å². The molecule has 0 aromatic heterocycles. The molecule has 5 nitrogen and oxygen atoms in total. The largest absolute Gasteiger partial charge is 0.366 e. The minimum atomic E-state index is -1.11. The van der Waals surface area contributed by atoms with E-state index in [9.17, 15) is 10.2 Å². The molecule has 1 fully saturated rings. The van der Waals surface area contributed by atoms with Crippen LogP contribution in [0.5, 0.6) is 0 Å². The number of rotatable bonds is 5. The predicted octanol–water partition coefficient (Wildman–Crippen LogP) is 0.982. The molecule has 16 heavy (non-hydrogen) atoms. The zero-order valence-electron chi connectivity index (χ0n) is 10.4. The van der Waals surface area contributed by atoms with Gasteiger partial charge in [0.05, 0.1) is 6.61 Å². The molecule has 0 aliphatic carbocycles. The Morgan fingerprint density at radius 3 is 2.38 bits per heavy atom. The molecule has 2 atom stereocenters. The molecule has 0 aromatic rings. The first-order valence-corrected chi connectivity index (χ1v) is 5.60. The van der Waals surface area contributed by atoms with Crippen molar-refractivity contribution < 1.29 is 24.4 Å². The summed E-state index contributed by atoms with van der Waals surface area (Å²) in [6.07, 6.45) is 0.142. The van der Waals surface area contributed by atoms with Gasteiger partial charge in [-0.25, -0.2) is 0 Å². The second-order valence-corrected chi connectivity index (χ2v) is 5.00. The van der Waals surface area contributed by atoms with Crippen molar-refractivity contribution in [1.82, 2.24) is 0 Å². The van der Waals surface area contributed by atoms with Crippen LogP contribution < -0.4 is 0 Å². The Hall–Kier alpha value is -0.200. The van der Waals surface area contributed by atoms with Crippen molar-refractivity contribution in [1.29, 1.82) is 0 Å². The Balaban J connectivity index is 2.19. The standard InChI is InChI=1S/C11H22O5/c1-10(2,13)14-7-5-6-8-9(12)16-11(3,4)15-8/h8-9,12-13H,5-7H2,1-4H3. The van der Waals surface area contributed by atoms with Gasteiger partial charge in [-0.1, -0.05) is 0 Å². The van der Waals surface area contributed by atoms with Gasteiger partial charge in [0.2, 0.25) is 0 Å². The molecular weight excluding hydrogens is 212 g/mol. The fourth-order valence-corrected chi connectivity index (χ4v) is 1.63. The molecule has 5 heteroatoms. The number of ether oxygens (including phenoxy) is 3. The van der Waals surface area contributed by atoms with Crippen LogP contribution in [-0.4, -0.2) is 40.8 Å². The second-order valence-electron chi connectivity index (χ2n) is 5.00. The summed E-state index contributed by atoms with van der Waals surface area (Å²) in [7, 11) is 0. The molecule has 0 aromatic carbocycles. The van der Waals surface area contributed by atoms with Gasteiger partial charge >= 0.3 is 0 Å². The summed E-state index contributed by atoms with van der Waals surface area (Å²) < 4.78 is 15.9. The molecule has 0 spiro atoms. The van der Waals surface area contributed by atoms with Gasteiger partial charge in [-0.05, 0) is 40.5 Å². The SMILES string of the molecule is CC(C)(O)OCCCC1OC(C)(C)OC1O. The lowest BCUT2D eigenvalue weighted by Crippen LogP contribution is -2.26. The first kappa shape index (κ1) is 13.9. The van der Waals surface area contributed by atoms with Crippen LogP contribution in [0, 0.1) is 0 Å². The Kier molecular flexibility index (Phi) is 4.31. The van der Waals surface area contributed by atoms with Gasteiger partial charge < -0.3 is 24.4 Å². The highest BCUT2D eigenvalue weighted by Gasteiger charge is 2.39. The summed E-state index contributed by atoms with van der Waals surface area (Å²) in [5.74, 6) is -1.83. The van der Waals surface area contributed by atoms with Crippen molar-refractivity contribution in [3.8, 4) is 0 Å². The molecule has 0 amide bonds. The van der Waals surface area contributed by atoms with Crippen LogP contribution in [0.2, 0.25) is 0 Å². The van der Waals surface area contributed by atoms with E-state index in [1.807, 2.05) is 0 Å². The van der Waals surface area contributed by atoms with E-state index in [0.717, 1.165) is 0 Å². The van der Waals surface area contributed by atoms with Crippen molar-refractivity contribution in [3.05, 3.63) is 0 Å². The molecule has 2 N–H and O–H groups in total. The van der Waals surface area contributed by atoms with E-state index in [-0.39, 0.29) is 6.10 Å². The molecule has 0 saturated carbocycles. The zero-order valence-corrected chi connectivity index (χ0v) is 10.4. The van der Waals surface area contributed by atoms with Crippen LogP contribution in [0.1, 0.15) is 40.5 Å². The van der Waals surface area contributed by atoms with Crippen LogP contribution >= 0.6 is 0 Å². The number of aliphatic hydroxyl groups excluding tert-OH is 1. The number of hydrogen-bond acceptors (Lipinski definition) is 5. The normalized spacial score (nSPS) is 29.6. The summed E-state index contributed by atoms with van der Waals surface area (Å²) in [5, 5.41) is 18.9. The van der Waals surface area contributed by atoms with Crippen molar-refractivity contribution >= 4 is 0 Å². The molecule has 1 aliphatic heterocycles. The monoisotopic (exact) mass is 234 g/mol. The highest BCUT2D eigenvalue weighted by molar-refractivity contribution is 4.74. The maximum Gasteiger partial charge on any atom is 0.184 e. The lowest BCUT2D eigenvalue weighted by atomic mass is 10.2. The molecule has 2 unspecified atom stereocenters. The topological polar surface area (TPSA) is 68.2 Å². The van der Waals surface area contributed by atoms with Crippen LogP contribution in [0.3, 0.4) is 0 Å². The lowest BCUT2D eigenvalue weighted by Gasteiger charge is -2.19. The summed E-state index contributed by atoms with van der Waals surface area (Å²) in [4.78, 5) is 0. The average molecular weight is 234 g/mol. The molecular formula is C11H22O5. The summed E-state index contributed by atoms with van der Waals surface area (Å²) in [6.45, 7) is 7.13. The smallest absolute Gasteiger partial charge is 0.184 e. The molecule has 0 bridgehead atoms. The highest BCUT2D eigenvalue weighted by atomic mass is 16.8. The minimum Gasteiger partial charge on any atom is -0.366 e. The van der Waals surface area contributed by atoms with Gasteiger partial charge in [0, 0.05) is 0 Å². The van der Waals surface area contributed by atoms with Crippen LogP contribution in [0.15, 0.2) is 0 Å². The van der Waals surface area contributed by atoms with Crippen molar-refractivity contribution in [2.75, 3.05) is 6.61 Å². The maximum absolute atomic E-state index is 9.55. The quantitative estimate of drug-likeness (QED) is 0.548. The number of hydrogen-bond donors (Lipinski definition) is 2. The third-order valence-corrected chi connectivity index (χ3v) is 2.25. The van der Waals surface area contributed by atoms with E-state index in [1.54, 1.807) is 27.7 Å². The summed E-state index contributed by atoms with van der Waals surface area (Å²) >= 11 is 0. The fraction of sp³-hybridized carbons (Fsp3) is 1.00. The van der Waals surface area contributed by atoms with E-state index in [1.165, 1.54) is 0 Å². The van der Waals surface area contributed by atoms with Gasteiger partial charge in [0.25, 0.3) is 0 Å². The van der Waals surface area contributed by atoms with Crippen LogP contribution in [0.25, 0.3) is 0 Å². The number of aliphatic hydroxyl groups is 2. The molecule has 1 aliphatic rings. The first-order chi connectivity index (χ1) is 7.20. The van der Waals surface area contributed by atoms with E-state index >= 15 is 0 Å². The van der Waals surface area contributed by atoms with Gasteiger partial charge in [0.1, 0.15) is 6.10 Å². The molecule has 1 rings (SSSR count). The van der Waals surface area contributed by atoms with Crippen molar-refractivity contribution in [2.45, 2.75) is 64.5 Å². The molecule has 1 heterocycles. The van der Waals surface area contributed by atoms with Crippen molar-refractivity contribution in [3.63, 3.8) is 0 Å². The van der Waals surface area contributed by atoms with E-state index in [0.29, 0.717) is 19.4 Å². The Morgan fingerprint density at radius 1 is 1.31 bits per heavy atom. The molecule has 96 valence electrons. The van der Waals surface area contributed by atoms with E-state index < -0.39 is 17.9 Å². The third kappa shape index (κ3) is 4.76. The molecule has 0 radical (unpaired) electrons. The lowest BCUT2D eigenvalue weighted by molar-refractivity contribution is -0.179. The Morgan fingerprint density at radius 2 is 1.94 bits per heavy atom. The Labute approximate surface area is 96.3 Å². The van der Waals surface area contributed by atoms with Crippen LogP contribution in [-0.2, 0) is 14.2 Å². The maximum atomic E-state index is 9.55. The minimum absolute atomic E-state index is 0.319. The third-order valence-electron chi connectivity index (χ3n) is 2.25. The highest BCUT2D eigenvalue weighted by Crippen LogP contribution is 2.29. The fourth-order valence-electron chi connectivity index (χ4n) is 1.63. The van der Waals surface area contributed by atoms with Gasteiger partial charge in [-0.3, -0.25) is 0 Å².